The molecule has 3 heteroatoms. The summed E-state index contributed by atoms with van der Waals surface area (Å²) in [6, 6.07) is 8.47. The van der Waals surface area contributed by atoms with Crippen LogP contribution in [0, 0.1) is 0 Å². The van der Waals surface area contributed by atoms with Crippen LogP contribution in [0.3, 0.4) is 0 Å². The molecule has 2 aliphatic heterocycles. The van der Waals surface area contributed by atoms with Gasteiger partial charge in [-0.3, -0.25) is 4.90 Å². The van der Waals surface area contributed by atoms with Crippen molar-refractivity contribution in [3.05, 3.63) is 29.8 Å². The van der Waals surface area contributed by atoms with E-state index in [1.807, 2.05) is 0 Å². The number of ether oxygens (including phenoxy) is 1. The number of hydrogen-bond acceptors (Lipinski definition) is 3. The van der Waals surface area contributed by atoms with Crippen LogP contribution in [0.5, 0.6) is 5.75 Å². The van der Waals surface area contributed by atoms with E-state index in [0.717, 1.165) is 32.0 Å². The van der Waals surface area contributed by atoms with Crippen LogP contribution in [0.1, 0.15) is 39.2 Å². The lowest BCUT2D eigenvalue weighted by molar-refractivity contribution is 0.0323. The summed E-state index contributed by atoms with van der Waals surface area (Å²) in [5.41, 5.74) is 1.77. The molecule has 3 nitrogen and oxygen atoms in total. The summed E-state index contributed by atoms with van der Waals surface area (Å²) in [6.45, 7) is 13.2. The predicted molar refractivity (Wildman–Crippen MR) is 82.4 cm³/mol. The van der Waals surface area contributed by atoms with Crippen LogP contribution >= 0.6 is 0 Å². The molecule has 1 N–H and O–H groups in total. The highest BCUT2D eigenvalue weighted by molar-refractivity contribution is 5.39. The summed E-state index contributed by atoms with van der Waals surface area (Å²) in [5, 5.41) is 3.65. The Morgan fingerprint density at radius 1 is 1.25 bits per heavy atom. The molecule has 1 unspecified atom stereocenters. The molecule has 0 aliphatic carbocycles. The number of para-hydroxylation sites is 1. The van der Waals surface area contributed by atoms with Gasteiger partial charge < -0.3 is 10.1 Å². The second-order valence-corrected chi connectivity index (χ2v) is 7.48. The minimum Gasteiger partial charge on any atom is -0.493 e. The minimum atomic E-state index is 0.189. The molecule has 1 aromatic carbocycles. The molecule has 1 saturated heterocycles. The van der Waals surface area contributed by atoms with E-state index < -0.39 is 0 Å². The summed E-state index contributed by atoms with van der Waals surface area (Å²) in [4.78, 5) is 2.62. The third-order valence-electron chi connectivity index (χ3n) is 4.68. The fourth-order valence-corrected chi connectivity index (χ4v) is 3.27. The average molecular weight is 274 g/mol. The number of nitrogens with zero attached hydrogens (tertiary/aromatic N) is 1. The molecule has 1 aromatic rings. The minimum absolute atomic E-state index is 0.189. The van der Waals surface area contributed by atoms with Gasteiger partial charge in [-0.25, -0.2) is 0 Å². The first-order valence-corrected chi connectivity index (χ1v) is 7.59. The zero-order chi connectivity index (χ0) is 14.4. The Balaban J connectivity index is 1.77. The Morgan fingerprint density at radius 3 is 2.80 bits per heavy atom. The van der Waals surface area contributed by atoms with Gasteiger partial charge >= 0.3 is 0 Å². The van der Waals surface area contributed by atoms with E-state index in [2.05, 4.69) is 62.2 Å². The Bertz CT molecular complexity index is 496. The highest BCUT2D eigenvalue weighted by atomic mass is 16.5. The van der Waals surface area contributed by atoms with Crippen LogP contribution in [-0.2, 0) is 0 Å². The predicted octanol–water partition coefficient (Wildman–Crippen LogP) is 2.62. The van der Waals surface area contributed by atoms with Crippen molar-refractivity contribution in [3.8, 4) is 5.75 Å². The van der Waals surface area contributed by atoms with Crippen molar-refractivity contribution < 1.29 is 4.74 Å². The second-order valence-electron chi connectivity index (χ2n) is 7.48. The Morgan fingerprint density at radius 2 is 2.00 bits per heavy atom. The molecule has 20 heavy (non-hydrogen) atoms. The Kier molecular flexibility index (Phi) is 3.30. The van der Waals surface area contributed by atoms with E-state index in [4.69, 9.17) is 4.74 Å². The fraction of sp³-hybridized carbons (Fsp3) is 0.647. The first-order valence-electron chi connectivity index (χ1n) is 7.59. The zero-order valence-electron chi connectivity index (χ0n) is 13.1. The van der Waals surface area contributed by atoms with Crippen LogP contribution in [0.2, 0.25) is 0 Å². The van der Waals surface area contributed by atoms with Crippen LogP contribution in [0.15, 0.2) is 24.3 Å². The normalized spacial score (nSPS) is 27.9. The van der Waals surface area contributed by atoms with Gasteiger partial charge in [-0.1, -0.05) is 18.2 Å². The molecule has 2 heterocycles. The molecule has 110 valence electrons. The number of benzene rings is 1. The Labute approximate surface area is 122 Å². The standard InChI is InChI=1S/C17H26N2O/c1-16(2)12-19(17(3,4)11-18-16)9-13-10-20-15-8-6-5-7-14(13)15/h5-8,13,18H,9-12H2,1-4H3. The van der Waals surface area contributed by atoms with Crippen LogP contribution in [0.25, 0.3) is 0 Å². The largest absolute Gasteiger partial charge is 0.493 e. The van der Waals surface area contributed by atoms with Gasteiger partial charge in [0.1, 0.15) is 5.75 Å². The fourth-order valence-electron chi connectivity index (χ4n) is 3.27. The molecule has 0 spiro atoms. The van der Waals surface area contributed by atoms with Gasteiger partial charge in [0.15, 0.2) is 0 Å². The van der Waals surface area contributed by atoms with Gasteiger partial charge in [-0.2, -0.15) is 0 Å². The number of fused-ring (bicyclic) bond motifs is 1. The molecule has 0 bridgehead atoms. The lowest BCUT2D eigenvalue weighted by Crippen LogP contribution is -2.66. The molecule has 0 amide bonds. The van der Waals surface area contributed by atoms with E-state index in [0.29, 0.717) is 5.92 Å². The summed E-state index contributed by atoms with van der Waals surface area (Å²) in [6.07, 6.45) is 0. The molecular weight excluding hydrogens is 248 g/mol. The number of nitrogens with one attached hydrogen (secondary N) is 1. The van der Waals surface area contributed by atoms with E-state index in [1.54, 1.807) is 0 Å². The van der Waals surface area contributed by atoms with Crippen molar-refractivity contribution in [2.75, 3.05) is 26.2 Å². The lowest BCUT2D eigenvalue weighted by Gasteiger charge is -2.50. The van der Waals surface area contributed by atoms with E-state index in [1.165, 1.54) is 5.56 Å². The summed E-state index contributed by atoms with van der Waals surface area (Å²) in [7, 11) is 0. The third kappa shape index (κ3) is 2.57. The van der Waals surface area contributed by atoms with Gasteiger partial charge in [0.2, 0.25) is 0 Å². The van der Waals surface area contributed by atoms with E-state index >= 15 is 0 Å². The molecular formula is C17H26N2O. The first kappa shape index (κ1) is 13.9. The Hall–Kier alpha value is -1.06. The average Bonchev–Trinajstić information content (AvgIpc) is 2.78. The molecule has 0 aromatic heterocycles. The number of hydrogen-bond donors (Lipinski definition) is 1. The van der Waals surface area contributed by atoms with Crippen molar-refractivity contribution in [3.63, 3.8) is 0 Å². The third-order valence-corrected chi connectivity index (χ3v) is 4.68. The van der Waals surface area contributed by atoms with Crippen LogP contribution in [0.4, 0.5) is 0 Å². The van der Waals surface area contributed by atoms with Crippen molar-refractivity contribution >= 4 is 0 Å². The number of rotatable bonds is 2. The molecule has 2 aliphatic rings. The van der Waals surface area contributed by atoms with Gasteiger partial charge in [0, 0.05) is 42.2 Å². The van der Waals surface area contributed by atoms with E-state index in [9.17, 15) is 0 Å². The summed E-state index contributed by atoms with van der Waals surface area (Å²) < 4.78 is 5.83. The highest BCUT2D eigenvalue weighted by Gasteiger charge is 2.39. The molecule has 1 atom stereocenters. The SMILES string of the molecule is CC1(C)CN(CC2COc3ccccc32)C(C)(C)CN1. The maximum atomic E-state index is 5.83. The zero-order valence-corrected chi connectivity index (χ0v) is 13.1. The van der Waals surface area contributed by atoms with Crippen molar-refractivity contribution in [1.29, 1.82) is 0 Å². The molecule has 0 saturated carbocycles. The monoisotopic (exact) mass is 274 g/mol. The van der Waals surface area contributed by atoms with Gasteiger partial charge in [-0.05, 0) is 33.8 Å². The summed E-state index contributed by atoms with van der Waals surface area (Å²) in [5.74, 6) is 1.57. The molecule has 0 radical (unpaired) electrons. The summed E-state index contributed by atoms with van der Waals surface area (Å²) >= 11 is 0. The molecule has 3 rings (SSSR count). The molecule has 1 fully saturated rings. The maximum absolute atomic E-state index is 5.83. The smallest absolute Gasteiger partial charge is 0.122 e. The van der Waals surface area contributed by atoms with Crippen molar-refractivity contribution in [2.45, 2.75) is 44.7 Å². The van der Waals surface area contributed by atoms with Crippen molar-refractivity contribution in [1.82, 2.24) is 10.2 Å². The van der Waals surface area contributed by atoms with Gasteiger partial charge in [0.25, 0.3) is 0 Å². The van der Waals surface area contributed by atoms with Crippen LogP contribution in [-0.4, -0.2) is 42.2 Å². The maximum Gasteiger partial charge on any atom is 0.122 e. The number of piperazine rings is 1. The highest BCUT2D eigenvalue weighted by Crippen LogP contribution is 2.36. The van der Waals surface area contributed by atoms with Gasteiger partial charge in [0.05, 0.1) is 6.61 Å². The topological polar surface area (TPSA) is 24.5 Å². The lowest BCUT2D eigenvalue weighted by atomic mass is 9.89. The first-order chi connectivity index (χ1) is 9.37. The van der Waals surface area contributed by atoms with Crippen LogP contribution < -0.4 is 10.1 Å². The van der Waals surface area contributed by atoms with Crippen molar-refractivity contribution in [2.24, 2.45) is 0 Å². The second kappa shape index (κ2) is 4.74. The van der Waals surface area contributed by atoms with Gasteiger partial charge in [-0.15, -0.1) is 0 Å². The van der Waals surface area contributed by atoms with E-state index in [-0.39, 0.29) is 11.1 Å². The quantitative estimate of drug-likeness (QED) is 0.897.